The third kappa shape index (κ3) is 4.60. The van der Waals surface area contributed by atoms with Gasteiger partial charge in [0.15, 0.2) is 11.6 Å². The smallest absolute Gasteiger partial charge is 0.165 e. The van der Waals surface area contributed by atoms with Crippen LogP contribution in [0.15, 0.2) is 40.2 Å². The van der Waals surface area contributed by atoms with Crippen LogP contribution in [-0.4, -0.2) is 25.1 Å². The number of nitrogens with zero attached hydrogens (tertiary/aromatic N) is 1. The van der Waals surface area contributed by atoms with E-state index in [1.165, 1.54) is 10.9 Å². The first kappa shape index (κ1) is 14.5. The predicted molar refractivity (Wildman–Crippen MR) is 80.2 cm³/mol. The SMILES string of the molecule is CN(CCOc1ccccc1F)Cc1ccc(Br)s1. The molecule has 0 fully saturated rings. The van der Waals surface area contributed by atoms with Crippen LogP contribution < -0.4 is 4.74 Å². The first-order chi connectivity index (χ1) is 9.15. The van der Waals surface area contributed by atoms with E-state index in [0.717, 1.165) is 16.9 Å². The minimum atomic E-state index is -0.313. The van der Waals surface area contributed by atoms with Gasteiger partial charge in [-0.25, -0.2) is 4.39 Å². The van der Waals surface area contributed by atoms with Gasteiger partial charge in [0, 0.05) is 18.0 Å². The molecule has 0 saturated heterocycles. The standard InChI is InChI=1S/C14H15BrFNOS/c1-17(10-11-6-7-14(15)19-11)8-9-18-13-5-3-2-4-12(13)16/h2-7H,8-10H2,1H3. The second kappa shape index (κ2) is 7.03. The van der Waals surface area contributed by atoms with E-state index >= 15 is 0 Å². The molecule has 0 radical (unpaired) electrons. The summed E-state index contributed by atoms with van der Waals surface area (Å²) in [4.78, 5) is 3.44. The van der Waals surface area contributed by atoms with Crippen molar-refractivity contribution in [3.8, 4) is 5.75 Å². The molecule has 0 N–H and O–H groups in total. The van der Waals surface area contributed by atoms with E-state index < -0.39 is 0 Å². The maximum absolute atomic E-state index is 13.3. The van der Waals surface area contributed by atoms with Gasteiger partial charge in [0.2, 0.25) is 0 Å². The van der Waals surface area contributed by atoms with Crippen LogP contribution in [-0.2, 0) is 6.54 Å². The summed E-state index contributed by atoms with van der Waals surface area (Å²) in [6, 6.07) is 10.6. The van der Waals surface area contributed by atoms with E-state index in [2.05, 4.69) is 26.9 Å². The van der Waals surface area contributed by atoms with Gasteiger partial charge in [-0.15, -0.1) is 11.3 Å². The first-order valence-corrected chi connectivity index (χ1v) is 7.56. The van der Waals surface area contributed by atoms with Crippen LogP contribution in [0, 0.1) is 5.82 Å². The highest BCUT2D eigenvalue weighted by Crippen LogP contribution is 2.23. The zero-order valence-electron chi connectivity index (χ0n) is 10.6. The number of hydrogen-bond acceptors (Lipinski definition) is 3. The molecule has 102 valence electrons. The number of hydrogen-bond donors (Lipinski definition) is 0. The molecule has 2 nitrogen and oxygen atoms in total. The van der Waals surface area contributed by atoms with Crippen molar-refractivity contribution in [2.24, 2.45) is 0 Å². The molecule has 5 heteroatoms. The number of para-hydroxylation sites is 1. The minimum absolute atomic E-state index is 0.313. The lowest BCUT2D eigenvalue weighted by molar-refractivity contribution is 0.227. The van der Waals surface area contributed by atoms with E-state index in [-0.39, 0.29) is 5.82 Å². The zero-order chi connectivity index (χ0) is 13.7. The zero-order valence-corrected chi connectivity index (χ0v) is 13.0. The van der Waals surface area contributed by atoms with E-state index in [1.54, 1.807) is 29.5 Å². The highest BCUT2D eigenvalue weighted by Gasteiger charge is 2.05. The van der Waals surface area contributed by atoms with Gasteiger partial charge in [0.05, 0.1) is 3.79 Å². The molecule has 0 unspecified atom stereocenters. The number of benzene rings is 1. The van der Waals surface area contributed by atoms with Gasteiger partial charge in [0.25, 0.3) is 0 Å². The minimum Gasteiger partial charge on any atom is -0.489 e. The van der Waals surface area contributed by atoms with Crippen molar-refractivity contribution in [1.29, 1.82) is 0 Å². The Morgan fingerprint density at radius 2 is 2.05 bits per heavy atom. The molecule has 0 aliphatic heterocycles. The molecule has 2 rings (SSSR count). The highest BCUT2D eigenvalue weighted by atomic mass is 79.9. The third-order valence-corrected chi connectivity index (χ3v) is 4.23. The molecular weight excluding hydrogens is 329 g/mol. The Bertz CT molecular complexity index is 532. The Hall–Kier alpha value is -0.910. The van der Waals surface area contributed by atoms with Crippen LogP contribution in [0.4, 0.5) is 4.39 Å². The monoisotopic (exact) mass is 343 g/mol. The molecule has 2 aromatic rings. The summed E-state index contributed by atoms with van der Waals surface area (Å²) in [6.45, 7) is 2.10. The summed E-state index contributed by atoms with van der Waals surface area (Å²) in [6.07, 6.45) is 0. The molecule has 1 aromatic heterocycles. The fraction of sp³-hybridized carbons (Fsp3) is 0.286. The normalized spacial score (nSPS) is 10.9. The lowest BCUT2D eigenvalue weighted by Crippen LogP contribution is -2.23. The van der Waals surface area contributed by atoms with Crippen molar-refractivity contribution in [3.05, 3.63) is 50.9 Å². The van der Waals surface area contributed by atoms with Gasteiger partial charge >= 0.3 is 0 Å². The van der Waals surface area contributed by atoms with E-state index in [9.17, 15) is 4.39 Å². The Labute approximate surface area is 124 Å². The number of halogens is 2. The predicted octanol–water partition coefficient (Wildman–Crippen LogP) is 4.16. The lowest BCUT2D eigenvalue weighted by atomic mass is 10.3. The first-order valence-electron chi connectivity index (χ1n) is 5.95. The summed E-state index contributed by atoms with van der Waals surface area (Å²) < 4.78 is 19.9. The Morgan fingerprint density at radius 3 is 2.74 bits per heavy atom. The van der Waals surface area contributed by atoms with Crippen molar-refractivity contribution in [1.82, 2.24) is 4.90 Å². The summed E-state index contributed by atoms with van der Waals surface area (Å²) in [5, 5.41) is 0. The van der Waals surface area contributed by atoms with Crippen molar-refractivity contribution >= 4 is 27.3 Å². The van der Waals surface area contributed by atoms with Gasteiger partial charge in [0.1, 0.15) is 6.61 Å². The second-order valence-electron chi connectivity index (χ2n) is 4.22. The molecule has 0 bridgehead atoms. The van der Waals surface area contributed by atoms with Crippen LogP contribution >= 0.6 is 27.3 Å². The molecule has 0 aliphatic rings. The molecule has 1 aromatic carbocycles. The molecular formula is C14H15BrFNOS. The maximum Gasteiger partial charge on any atom is 0.165 e. The van der Waals surface area contributed by atoms with E-state index in [4.69, 9.17) is 4.74 Å². The molecule has 19 heavy (non-hydrogen) atoms. The quantitative estimate of drug-likeness (QED) is 0.780. The summed E-state index contributed by atoms with van der Waals surface area (Å²) >= 11 is 5.17. The van der Waals surface area contributed by atoms with Gasteiger partial charge in [-0.05, 0) is 47.2 Å². The van der Waals surface area contributed by atoms with Crippen molar-refractivity contribution in [2.75, 3.05) is 20.2 Å². The van der Waals surface area contributed by atoms with Crippen LogP contribution in [0.2, 0.25) is 0 Å². The molecule has 0 atom stereocenters. The Balaban J connectivity index is 1.75. The molecule has 0 spiro atoms. The maximum atomic E-state index is 13.3. The van der Waals surface area contributed by atoms with E-state index in [1.807, 2.05) is 13.1 Å². The number of ether oxygens (including phenoxy) is 1. The van der Waals surface area contributed by atoms with Crippen LogP contribution in [0.3, 0.4) is 0 Å². The topological polar surface area (TPSA) is 12.5 Å². The largest absolute Gasteiger partial charge is 0.489 e. The van der Waals surface area contributed by atoms with Crippen molar-refractivity contribution in [3.63, 3.8) is 0 Å². The van der Waals surface area contributed by atoms with Crippen LogP contribution in [0.25, 0.3) is 0 Å². The van der Waals surface area contributed by atoms with Gasteiger partial charge in [-0.1, -0.05) is 12.1 Å². The number of thiophene rings is 1. The number of rotatable bonds is 6. The summed E-state index contributed by atoms with van der Waals surface area (Å²) in [5.74, 6) is 0.00195. The van der Waals surface area contributed by atoms with Crippen LogP contribution in [0.5, 0.6) is 5.75 Å². The molecule has 1 heterocycles. The Morgan fingerprint density at radius 1 is 1.26 bits per heavy atom. The summed E-state index contributed by atoms with van der Waals surface area (Å²) in [5.41, 5.74) is 0. The van der Waals surface area contributed by atoms with Gasteiger partial charge in [-0.3, -0.25) is 4.90 Å². The fourth-order valence-corrected chi connectivity index (χ4v) is 3.22. The van der Waals surface area contributed by atoms with Crippen molar-refractivity contribution in [2.45, 2.75) is 6.54 Å². The van der Waals surface area contributed by atoms with Gasteiger partial charge < -0.3 is 4.74 Å². The average Bonchev–Trinajstić information content (AvgIpc) is 2.77. The molecule has 0 saturated carbocycles. The lowest BCUT2D eigenvalue weighted by Gasteiger charge is -2.16. The summed E-state index contributed by atoms with van der Waals surface area (Å²) in [7, 11) is 2.03. The Kier molecular flexibility index (Phi) is 5.36. The fourth-order valence-electron chi connectivity index (χ4n) is 1.66. The van der Waals surface area contributed by atoms with Crippen molar-refractivity contribution < 1.29 is 9.13 Å². The van der Waals surface area contributed by atoms with E-state index in [0.29, 0.717) is 12.4 Å². The van der Waals surface area contributed by atoms with Gasteiger partial charge in [-0.2, -0.15) is 0 Å². The highest BCUT2D eigenvalue weighted by molar-refractivity contribution is 9.11. The third-order valence-electron chi connectivity index (χ3n) is 2.62. The molecule has 0 aliphatic carbocycles. The van der Waals surface area contributed by atoms with Crippen LogP contribution in [0.1, 0.15) is 4.88 Å². The number of likely N-dealkylation sites (N-methyl/N-ethyl adjacent to an activating group) is 1. The average molecular weight is 344 g/mol. The molecule has 0 amide bonds. The second-order valence-corrected chi connectivity index (χ2v) is 6.77.